The van der Waals surface area contributed by atoms with Crippen molar-refractivity contribution >= 4 is 11.4 Å². The van der Waals surface area contributed by atoms with Gasteiger partial charge in [-0.2, -0.15) is 0 Å². The number of anilines is 2. The van der Waals surface area contributed by atoms with Crippen molar-refractivity contribution in [3.8, 4) is 22.6 Å². The molecule has 0 aromatic heterocycles. The van der Waals surface area contributed by atoms with Gasteiger partial charge in [0, 0.05) is 0 Å². The van der Waals surface area contributed by atoms with Crippen LogP contribution in [0.5, 0.6) is 11.5 Å². The van der Waals surface area contributed by atoms with E-state index in [4.69, 9.17) is 9.47 Å². The summed E-state index contributed by atoms with van der Waals surface area (Å²) >= 11 is 0. The van der Waals surface area contributed by atoms with Gasteiger partial charge in [0.25, 0.3) is 0 Å². The minimum absolute atomic E-state index is 0.101. The first-order valence-corrected chi connectivity index (χ1v) is 7.90. The monoisotopic (exact) mass is 312 g/mol. The summed E-state index contributed by atoms with van der Waals surface area (Å²) in [6.07, 6.45) is 0. The maximum atomic E-state index is 6.10. The van der Waals surface area contributed by atoms with Gasteiger partial charge in [-0.3, -0.25) is 0 Å². The van der Waals surface area contributed by atoms with Crippen LogP contribution in [0, 0.1) is 5.41 Å². The Bertz CT molecular complexity index is 705. The molecule has 1 aliphatic rings. The Labute approximate surface area is 137 Å². The molecule has 3 rings (SSSR count). The van der Waals surface area contributed by atoms with Crippen molar-refractivity contribution in [2.45, 2.75) is 20.8 Å². The predicted octanol–water partition coefficient (Wildman–Crippen LogP) is 4.58. The largest absolute Gasteiger partial charge is 0.496 e. The van der Waals surface area contributed by atoms with Crippen LogP contribution >= 0.6 is 0 Å². The fraction of sp³-hybridized carbons (Fsp3) is 0.368. The Morgan fingerprint density at radius 1 is 1.00 bits per heavy atom. The van der Waals surface area contributed by atoms with Crippen LogP contribution in [0.25, 0.3) is 11.1 Å². The summed E-state index contributed by atoms with van der Waals surface area (Å²) in [6.45, 7) is 7.91. The van der Waals surface area contributed by atoms with Gasteiger partial charge in [-0.05, 0) is 35.2 Å². The number of rotatable bonds is 4. The molecule has 2 aromatic carbocycles. The third kappa shape index (κ3) is 3.36. The lowest BCUT2D eigenvalue weighted by Crippen LogP contribution is -2.17. The molecule has 0 saturated heterocycles. The third-order valence-electron chi connectivity index (χ3n) is 3.73. The number of hydrogen-bond acceptors (Lipinski definition) is 4. The van der Waals surface area contributed by atoms with Crippen molar-refractivity contribution in [3.05, 3.63) is 36.4 Å². The lowest BCUT2D eigenvalue weighted by Gasteiger charge is -2.21. The Morgan fingerprint density at radius 2 is 1.74 bits per heavy atom. The fourth-order valence-corrected chi connectivity index (χ4v) is 2.61. The molecule has 0 bridgehead atoms. The van der Waals surface area contributed by atoms with Crippen molar-refractivity contribution in [2.75, 3.05) is 31.0 Å². The van der Waals surface area contributed by atoms with Gasteiger partial charge in [0.2, 0.25) is 0 Å². The number of methoxy groups -OCH3 is 1. The van der Waals surface area contributed by atoms with E-state index in [1.807, 2.05) is 18.2 Å². The molecule has 0 unspecified atom stereocenters. The smallest absolute Gasteiger partial charge is 0.130 e. The maximum Gasteiger partial charge on any atom is 0.130 e. The van der Waals surface area contributed by atoms with Gasteiger partial charge in [-0.25, -0.2) is 0 Å². The normalized spacial score (nSPS) is 13.0. The van der Waals surface area contributed by atoms with E-state index in [2.05, 4.69) is 49.6 Å². The van der Waals surface area contributed by atoms with Crippen molar-refractivity contribution in [1.82, 2.24) is 0 Å². The molecule has 0 spiro atoms. The van der Waals surface area contributed by atoms with Crippen LogP contribution in [-0.4, -0.2) is 20.4 Å². The van der Waals surface area contributed by atoms with Crippen LogP contribution in [0.3, 0.4) is 0 Å². The minimum atomic E-state index is 0.101. The highest BCUT2D eigenvalue weighted by atomic mass is 16.5. The first kappa shape index (κ1) is 15.5. The third-order valence-corrected chi connectivity index (χ3v) is 3.73. The van der Waals surface area contributed by atoms with Gasteiger partial charge in [0.1, 0.15) is 11.5 Å². The predicted molar refractivity (Wildman–Crippen MR) is 95.5 cm³/mol. The van der Waals surface area contributed by atoms with Crippen molar-refractivity contribution < 1.29 is 9.47 Å². The summed E-state index contributed by atoms with van der Waals surface area (Å²) in [6, 6.07) is 12.3. The first-order chi connectivity index (χ1) is 11.0. The van der Waals surface area contributed by atoms with E-state index < -0.39 is 0 Å². The second-order valence-electron chi connectivity index (χ2n) is 6.97. The van der Waals surface area contributed by atoms with Crippen molar-refractivity contribution in [3.63, 3.8) is 0 Å². The Morgan fingerprint density at radius 3 is 2.48 bits per heavy atom. The molecule has 0 aliphatic carbocycles. The number of hydrogen-bond donors (Lipinski definition) is 2. The van der Waals surface area contributed by atoms with Gasteiger partial charge in [0.15, 0.2) is 0 Å². The highest BCUT2D eigenvalue weighted by Crippen LogP contribution is 2.41. The Hall–Kier alpha value is -2.36. The average molecular weight is 312 g/mol. The van der Waals surface area contributed by atoms with E-state index in [-0.39, 0.29) is 5.41 Å². The molecule has 4 heteroatoms. The second kappa shape index (κ2) is 6.03. The van der Waals surface area contributed by atoms with E-state index in [1.165, 1.54) is 0 Å². The molecular weight excluding hydrogens is 288 g/mol. The molecule has 0 radical (unpaired) electrons. The molecule has 1 aliphatic heterocycles. The Kier molecular flexibility index (Phi) is 4.07. The highest BCUT2D eigenvalue weighted by molar-refractivity contribution is 5.84. The zero-order valence-corrected chi connectivity index (χ0v) is 14.2. The van der Waals surface area contributed by atoms with Crippen molar-refractivity contribution in [2.24, 2.45) is 5.41 Å². The summed E-state index contributed by atoms with van der Waals surface area (Å²) in [5.74, 6) is 1.67. The van der Waals surface area contributed by atoms with Gasteiger partial charge in [0.05, 0.1) is 37.3 Å². The summed E-state index contributed by atoms with van der Waals surface area (Å²) in [7, 11) is 1.69. The van der Waals surface area contributed by atoms with Crippen LogP contribution in [0.2, 0.25) is 0 Å². The van der Waals surface area contributed by atoms with E-state index in [0.717, 1.165) is 40.7 Å². The number of nitrogens with one attached hydrogen (secondary N) is 2. The van der Waals surface area contributed by atoms with E-state index in [9.17, 15) is 0 Å². The van der Waals surface area contributed by atoms with Gasteiger partial charge in [-0.1, -0.05) is 32.9 Å². The van der Waals surface area contributed by atoms with Gasteiger partial charge >= 0.3 is 0 Å². The molecular formula is C19H24N2O2. The SMILES string of the molecule is COc1cccc(OCC(C)(C)C)c1-c1ccc2c(c1)NCN2. The molecule has 0 fully saturated rings. The number of benzene rings is 2. The molecule has 23 heavy (non-hydrogen) atoms. The van der Waals surface area contributed by atoms with Crippen LogP contribution in [0.4, 0.5) is 11.4 Å². The molecule has 0 atom stereocenters. The van der Waals surface area contributed by atoms with Crippen LogP contribution in [0.1, 0.15) is 20.8 Å². The summed E-state index contributed by atoms with van der Waals surface area (Å²) in [5, 5.41) is 6.62. The molecule has 1 heterocycles. The molecule has 2 aromatic rings. The number of ether oxygens (including phenoxy) is 2. The fourth-order valence-electron chi connectivity index (χ4n) is 2.61. The van der Waals surface area contributed by atoms with Crippen LogP contribution < -0.4 is 20.1 Å². The molecule has 122 valence electrons. The lowest BCUT2D eigenvalue weighted by molar-refractivity contribution is 0.198. The molecule has 4 nitrogen and oxygen atoms in total. The minimum Gasteiger partial charge on any atom is -0.496 e. The average Bonchev–Trinajstić information content (AvgIpc) is 2.99. The second-order valence-corrected chi connectivity index (χ2v) is 6.97. The molecule has 0 amide bonds. The molecule has 0 saturated carbocycles. The van der Waals surface area contributed by atoms with E-state index in [0.29, 0.717) is 6.61 Å². The van der Waals surface area contributed by atoms with E-state index >= 15 is 0 Å². The summed E-state index contributed by atoms with van der Waals surface area (Å²) in [5.41, 5.74) is 4.41. The molecule has 2 N–H and O–H groups in total. The summed E-state index contributed by atoms with van der Waals surface area (Å²) < 4.78 is 11.7. The zero-order chi connectivity index (χ0) is 16.4. The highest BCUT2D eigenvalue weighted by Gasteiger charge is 2.18. The van der Waals surface area contributed by atoms with Crippen LogP contribution in [0.15, 0.2) is 36.4 Å². The standard InChI is InChI=1S/C19H24N2O2/c1-19(2,3)11-23-17-7-5-6-16(22-4)18(17)13-8-9-14-15(10-13)21-12-20-14/h5-10,20-21H,11-12H2,1-4H3. The number of fused-ring (bicyclic) bond motifs is 1. The summed E-state index contributed by atoms with van der Waals surface area (Å²) in [4.78, 5) is 0. The van der Waals surface area contributed by atoms with Gasteiger partial charge in [-0.15, -0.1) is 0 Å². The topological polar surface area (TPSA) is 42.5 Å². The quantitative estimate of drug-likeness (QED) is 0.867. The van der Waals surface area contributed by atoms with Crippen molar-refractivity contribution in [1.29, 1.82) is 0 Å². The first-order valence-electron chi connectivity index (χ1n) is 7.90. The van der Waals surface area contributed by atoms with Gasteiger partial charge < -0.3 is 20.1 Å². The lowest BCUT2D eigenvalue weighted by atomic mass is 9.98. The van der Waals surface area contributed by atoms with Crippen LogP contribution in [-0.2, 0) is 0 Å². The Balaban J connectivity index is 2.02. The maximum absolute atomic E-state index is 6.10. The zero-order valence-electron chi connectivity index (χ0n) is 14.2. The van der Waals surface area contributed by atoms with E-state index in [1.54, 1.807) is 7.11 Å².